The summed E-state index contributed by atoms with van der Waals surface area (Å²) in [6, 6.07) is 0. The number of aryl methyl sites for hydroxylation is 1. The zero-order valence-corrected chi connectivity index (χ0v) is 15.1. The molecule has 4 rings (SSSR count). The van der Waals surface area contributed by atoms with Crippen molar-refractivity contribution < 1.29 is 4.79 Å². The van der Waals surface area contributed by atoms with Gasteiger partial charge in [0.25, 0.3) is 5.91 Å². The van der Waals surface area contributed by atoms with Crippen LogP contribution in [0.3, 0.4) is 0 Å². The number of fused-ring (bicyclic) bond motifs is 1. The third-order valence-corrected chi connectivity index (χ3v) is 6.39. The van der Waals surface area contributed by atoms with Crippen LogP contribution >= 0.6 is 11.3 Å². The number of carbonyl (C=O) groups is 1. The van der Waals surface area contributed by atoms with Gasteiger partial charge in [-0.15, -0.1) is 11.3 Å². The number of thiophene rings is 1. The number of amides is 1. The van der Waals surface area contributed by atoms with E-state index < -0.39 is 0 Å². The first-order chi connectivity index (χ1) is 11.8. The van der Waals surface area contributed by atoms with Crippen molar-refractivity contribution in [2.24, 2.45) is 0 Å². The van der Waals surface area contributed by atoms with Crippen molar-refractivity contribution in [1.82, 2.24) is 14.9 Å². The van der Waals surface area contributed by atoms with E-state index in [-0.39, 0.29) is 5.91 Å². The number of carbonyl (C=O) groups excluding carboxylic acids is 1. The predicted molar refractivity (Wildman–Crippen MR) is 98.0 cm³/mol. The molecule has 0 atom stereocenters. The van der Waals surface area contributed by atoms with Crippen molar-refractivity contribution in [3.8, 4) is 0 Å². The second-order valence-corrected chi connectivity index (χ2v) is 7.83. The van der Waals surface area contributed by atoms with Crippen molar-refractivity contribution in [3.05, 3.63) is 16.8 Å². The van der Waals surface area contributed by atoms with Crippen LogP contribution in [-0.2, 0) is 0 Å². The summed E-state index contributed by atoms with van der Waals surface area (Å²) in [4.78, 5) is 28.1. The number of hydrogen-bond acceptors (Lipinski definition) is 5. The molecule has 24 heavy (non-hydrogen) atoms. The highest BCUT2D eigenvalue weighted by Crippen LogP contribution is 2.36. The van der Waals surface area contributed by atoms with Gasteiger partial charge in [0, 0.05) is 26.2 Å². The molecule has 0 N–H and O–H groups in total. The van der Waals surface area contributed by atoms with E-state index in [0.717, 1.165) is 65.5 Å². The lowest BCUT2D eigenvalue weighted by molar-refractivity contribution is 0.0797. The molecule has 0 saturated carbocycles. The van der Waals surface area contributed by atoms with Gasteiger partial charge in [0.2, 0.25) is 0 Å². The summed E-state index contributed by atoms with van der Waals surface area (Å²) >= 11 is 1.53. The highest BCUT2D eigenvalue weighted by Gasteiger charge is 2.26. The molecule has 128 valence electrons. The van der Waals surface area contributed by atoms with Gasteiger partial charge >= 0.3 is 0 Å². The monoisotopic (exact) mass is 344 g/mol. The first kappa shape index (κ1) is 15.8. The predicted octanol–water partition coefficient (Wildman–Crippen LogP) is 3.62. The Balaban J connectivity index is 1.75. The van der Waals surface area contributed by atoms with Crippen molar-refractivity contribution in [2.75, 3.05) is 31.1 Å². The van der Waals surface area contributed by atoms with E-state index in [2.05, 4.69) is 21.8 Å². The van der Waals surface area contributed by atoms with Crippen LogP contribution in [0.5, 0.6) is 0 Å². The molecular weight excluding hydrogens is 320 g/mol. The molecule has 0 unspecified atom stereocenters. The van der Waals surface area contributed by atoms with E-state index in [9.17, 15) is 4.79 Å². The number of likely N-dealkylation sites (tertiary alicyclic amines) is 1. The van der Waals surface area contributed by atoms with E-state index in [0.29, 0.717) is 0 Å². The molecular formula is C18H24N4OS. The molecule has 2 saturated heterocycles. The molecule has 0 radical (unpaired) electrons. The standard InChI is InChI=1S/C18H24N4OS/c1-13-14-16(21-8-4-2-3-5-9-21)19-12-20-17(14)24-15(13)18(23)22-10-6-7-11-22/h12H,2-11H2,1H3. The fraction of sp³-hybridized carbons (Fsp3) is 0.611. The average molecular weight is 344 g/mol. The first-order valence-electron chi connectivity index (χ1n) is 9.04. The summed E-state index contributed by atoms with van der Waals surface area (Å²) in [5, 5.41) is 1.09. The molecule has 4 heterocycles. The Labute approximate surface area is 146 Å². The number of hydrogen-bond donors (Lipinski definition) is 0. The number of nitrogens with zero attached hydrogens (tertiary/aromatic N) is 4. The van der Waals surface area contributed by atoms with E-state index in [1.807, 2.05) is 4.90 Å². The number of anilines is 1. The van der Waals surface area contributed by atoms with Crippen LogP contribution in [0.2, 0.25) is 0 Å². The molecule has 6 heteroatoms. The lowest BCUT2D eigenvalue weighted by Crippen LogP contribution is -2.27. The smallest absolute Gasteiger partial charge is 0.264 e. The van der Waals surface area contributed by atoms with E-state index in [1.54, 1.807) is 6.33 Å². The normalized spacial score (nSPS) is 19.0. The van der Waals surface area contributed by atoms with E-state index in [1.165, 1.54) is 37.0 Å². The van der Waals surface area contributed by atoms with Crippen LogP contribution in [0, 0.1) is 6.92 Å². The molecule has 2 aliphatic heterocycles. The summed E-state index contributed by atoms with van der Waals surface area (Å²) in [6.45, 7) is 5.94. The molecule has 5 nitrogen and oxygen atoms in total. The third kappa shape index (κ3) is 2.77. The van der Waals surface area contributed by atoms with Crippen LogP contribution in [-0.4, -0.2) is 47.0 Å². The summed E-state index contributed by atoms with van der Waals surface area (Å²) in [6.07, 6.45) is 8.92. The Morgan fingerprint density at radius 3 is 2.38 bits per heavy atom. The summed E-state index contributed by atoms with van der Waals surface area (Å²) in [5.41, 5.74) is 1.06. The number of rotatable bonds is 2. The highest BCUT2D eigenvalue weighted by molar-refractivity contribution is 7.20. The van der Waals surface area contributed by atoms with Gasteiger partial charge in [-0.2, -0.15) is 0 Å². The maximum absolute atomic E-state index is 12.9. The van der Waals surface area contributed by atoms with Gasteiger partial charge < -0.3 is 9.80 Å². The Kier molecular flexibility index (Phi) is 4.39. The molecule has 2 aromatic heterocycles. The highest BCUT2D eigenvalue weighted by atomic mass is 32.1. The van der Waals surface area contributed by atoms with Gasteiger partial charge in [-0.3, -0.25) is 4.79 Å². The van der Waals surface area contributed by atoms with Crippen LogP contribution in [0.25, 0.3) is 10.2 Å². The summed E-state index contributed by atoms with van der Waals surface area (Å²) < 4.78 is 0. The maximum atomic E-state index is 12.9. The summed E-state index contributed by atoms with van der Waals surface area (Å²) in [7, 11) is 0. The molecule has 2 aliphatic rings. The Bertz CT molecular complexity index is 743. The van der Waals surface area contributed by atoms with Gasteiger partial charge in [-0.1, -0.05) is 12.8 Å². The molecule has 0 spiro atoms. The quantitative estimate of drug-likeness (QED) is 0.835. The molecule has 0 aliphatic carbocycles. The third-order valence-electron chi connectivity index (χ3n) is 5.20. The van der Waals surface area contributed by atoms with E-state index in [4.69, 9.17) is 0 Å². The topological polar surface area (TPSA) is 49.3 Å². The van der Waals surface area contributed by atoms with Crippen LogP contribution < -0.4 is 4.90 Å². The SMILES string of the molecule is Cc1c(C(=O)N2CCCC2)sc2ncnc(N3CCCCCC3)c12. The van der Waals surface area contributed by atoms with Crippen molar-refractivity contribution >= 4 is 33.3 Å². The van der Waals surface area contributed by atoms with Crippen LogP contribution in [0.1, 0.15) is 53.8 Å². The van der Waals surface area contributed by atoms with Crippen LogP contribution in [0.4, 0.5) is 5.82 Å². The molecule has 0 bridgehead atoms. The van der Waals surface area contributed by atoms with Crippen LogP contribution in [0.15, 0.2) is 6.33 Å². The lowest BCUT2D eigenvalue weighted by Gasteiger charge is -2.22. The minimum Gasteiger partial charge on any atom is -0.356 e. The fourth-order valence-corrected chi connectivity index (χ4v) is 4.95. The van der Waals surface area contributed by atoms with Gasteiger partial charge in [-0.25, -0.2) is 9.97 Å². The Hall–Kier alpha value is -1.69. The second kappa shape index (κ2) is 6.67. The Morgan fingerprint density at radius 2 is 1.67 bits per heavy atom. The van der Waals surface area contributed by atoms with Gasteiger partial charge in [0.1, 0.15) is 17.0 Å². The zero-order chi connectivity index (χ0) is 16.5. The Morgan fingerprint density at radius 1 is 1.00 bits per heavy atom. The van der Waals surface area contributed by atoms with Crippen molar-refractivity contribution in [3.63, 3.8) is 0 Å². The van der Waals surface area contributed by atoms with Gasteiger partial charge in [-0.05, 0) is 38.2 Å². The van der Waals surface area contributed by atoms with Gasteiger partial charge in [0.15, 0.2) is 0 Å². The number of aromatic nitrogens is 2. The fourth-order valence-electron chi connectivity index (χ4n) is 3.84. The molecule has 0 aromatic carbocycles. The minimum absolute atomic E-state index is 0.176. The molecule has 2 fully saturated rings. The molecule has 2 aromatic rings. The molecule has 1 amide bonds. The minimum atomic E-state index is 0.176. The average Bonchev–Trinajstić information content (AvgIpc) is 3.15. The largest absolute Gasteiger partial charge is 0.356 e. The summed E-state index contributed by atoms with van der Waals surface area (Å²) in [5.74, 6) is 1.20. The maximum Gasteiger partial charge on any atom is 0.264 e. The van der Waals surface area contributed by atoms with Gasteiger partial charge in [0.05, 0.1) is 10.3 Å². The second-order valence-electron chi connectivity index (χ2n) is 6.83. The lowest BCUT2D eigenvalue weighted by atomic mass is 10.1. The zero-order valence-electron chi connectivity index (χ0n) is 14.3. The van der Waals surface area contributed by atoms with E-state index >= 15 is 0 Å². The van der Waals surface area contributed by atoms with Crippen molar-refractivity contribution in [2.45, 2.75) is 45.4 Å². The van der Waals surface area contributed by atoms with Crippen molar-refractivity contribution in [1.29, 1.82) is 0 Å². The first-order valence-corrected chi connectivity index (χ1v) is 9.85.